The predicted molar refractivity (Wildman–Crippen MR) is 113 cm³/mol. The van der Waals surface area contributed by atoms with Crippen LogP contribution < -0.4 is 0 Å². The first-order valence-corrected chi connectivity index (χ1v) is 9.36. The topological polar surface area (TPSA) is 109 Å². The SMILES string of the molecule is c1cc(-c2ccnc3[nH]c(-c4n[nH]c5ccc(-c6cncnc6)nc45)cc23)ccn1. The lowest BCUT2D eigenvalue weighted by Crippen LogP contribution is -1.87. The van der Waals surface area contributed by atoms with E-state index in [1.807, 2.05) is 30.3 Å². The van der Waals surface area contributed by atoms with Crippen molar-refractivity contribution in [3.63, 3.8) is 0 Å². The van der Waals surface area contributed by atoms with Crippen LogP contribution in [0.15, 0.2) is 73.7 Å². The molecule has 0 aliphatic heterocycles. The molecule has 0 saturated carbocycles. The van der Waals surface area contributed by atoms with Gasteiger partial charge in [-0.2, -0.15) is 5.10 Å². The Morgan fingerprint density at radius 2 is 1.67 bits per heavy atom. The average Bonchev–Trinajstić information content (AvgIpc) is 3.43. The van der Waals surface area contributed by atoms with E-state index < -0.39 is 0 Å². The van der Waals surface area contributed by atoms with Crippen molar-refractivity contribution >= 4 is 22.1 Å². The highest BCUT2D eigenvalue weighted by Gasteiger charge is 2.16. The third kappa shape index (κ3) is 2.62. The summed E-state index contributed by atoms with van der Waals surface area (Å²) >= 11 is 0. The second kappa shape index (κ2) is 6.56. The van der Waals surface area contributed by atoms with E-state index in [0.717, 1.165) is 55.8 Å². The van der Waals surface area contributed by atoms with Crippen LogP contribution in [0.25, 0.3) is 55.8 Å². The van der Waals surface area contributed by atoms with E-state index in [0.29, 0.717) is 0 Å². The molecule has 8 nitrogen and oxygen atoms in total. The smallest absolute Gasteiger partial charge is 0.138 e. The summed E-state index contributed by atoms with van der Waals surface area (Å²) in [5.41, 5.74) is 7.81. The summed E-state index contributed by atoms with van der Waals surface area (Å²) in [6.45, 7) is 0. The van der Waals surface area contributed by atoms with E-state index in [-0.39, 0.29) is 0 Å². The van der Waals surface area contributed by atoms with Gasteiger partial charge in [-0.15, -0.1) is 0 Å². The van der Waals surface area contributed by atoms with Crippen molar-refractivity contribution in [2.75, 3.05) is 0 Å². The molecule has 6 aromatic heterocycles. The van der Waals surface area contributed by atoms with E-state index in [9.17, 15) is 0 Å². The van der Waals surface area contributed by atoms with Gasteiger partial charge in [0.1, 0.15) is 23.2 Å². The lowest BCUT2D eigenvalue weighted by atomic mass is 10.1. The van der Waals surface area contributed by atoms with Crippen molar-refractivity contribution in [1.29, 1.82) is 0 Å². The number of fused-ring (bicyclic) bond motifs is 2. The van der Waals surface area contributed by atoms with Crippen molar-refractivity contribution in [3.8, 4) is 33.8 Å². The highest BCUT2D eigenvalue weighted by atomic mass is 15.1. The minimum absolute atomic E-state index is 0.738. The molecular weight excluding hydrogens is 376 g/mol. The minimum Gasteiger partial charge on any atom is -0.338 e. The molecule has 2 N–H and O–H groups in total. The highest BCUT2D eigenvalue weighted by molar-refractivity contribution is 5.98. The lowest BCUT2D eigenvalue weighted by molar-refractivity contribution is 1.12. The van der Waals surface area contributed by atoms with Gasteiger partial charge < -0.3 is 4.98 Å². The molecule has 6 rings (SSSR count). The summed E-state index contributed by atoms with van der Waals surface area (Å²) < 4.78 is 0. The van der Waals surface area contributed by atoms with Crippen molar-refractivity contribution in [3.05, 3.63) is 73.7 Å². The van der Waals surface area contributed by atoms with Crippen LogP contribution in [0.3, 0.4) is 0 Å². The van der Waals surface area contributed by atoms with Crippen LogP contribution in [-0.4, -0.2) is 40.1 Å². The van der Waals surface area contributed by atoms with Gasteiger partial charge >= 0.3 is 0 Å². The first-order chi connectivity index (χ1) is 14.9. The molecule has 0 aromatic carbocycles. The molecule has 0 unspecified atom stereocenters. The Labute approximate surface area is 170 Å². The Balaban J connectivity index is 1.52. The molecule has 6 heterocycles. The maximum Gasteiger partial charge on any atom is 0.138 e. The zero-order chi connectivity index (χ0) is 19.9. The summed E-state index contributed by atoms with van der Waals surface area (Å²) in [4.78, 5) is 25.0. The van der Waals surface area contributed by atoms with Gasteiger partial charge in [-0.25, -0.2) is 19.9 Å². The first-order valence-electron chi connectivity index (χ1n) is 9.36. The van der Waals surface area contributed by atoms with E-state index >= 15 is 0 Å². The zero-order valence-electron chi connectivity index (χ0n) is 15.6. The lowest BCUT2D eigenvalue weighted by Gasteiger charge is -2.01. The Bertz CT molecular complexity index is 1490. The summed E-state index contributed by atoms with van der Waals surface area (Å²) in [6.07, 6.45) is 10.4. The van der Waals surface area contributed by atoms with Crippen molar-refractivity contribution in [2.45, 2.75) is 0 Å². The predicted octanol–water partition coefficient (Wildman–Crippen LogP) is 4.02. The molecule has 0 fully saturated rings. The number of aromatic nitrogens is 8. The molecule has 6 aromatic rings. The normalized spacial score (nSPS) is 11.3. The van der Waals surface area contributed by atoms with E-state index in [2.05, 4.69) is 41.2 Å². The molecule has 142 valence electrons. The standard InChI is InChI=1S/C22H14N8/c1-2-18-20(27-17(1)14-10-24-12-25-11-14)21(30-29-18)19-9-16-15(5-8-26-22(16)28-19)13-3-6-23-7-4-13/h1-12H,(H,26,28)(H,29,30). The van der Waals surface area contributed by atoms with Gasteiger partial charge in [-0.3, -0.25) is 10.1 Å². The van der Waals surface area contributed by atoms with E-state index in [1.165, 1.54) is 6.33 Å². The van der Waals surface area contributed by atoms with Crippen LogP contribution in [-0.2, 0) is 0 Å². The van der Waals surface area contributed by atoms with Gasteiger partial charge in [0.25, 0.3) is 0 Å². The summed E-state index contributed by atoms with van der Waals surface area (Å²) in [5.74, 6) is 0. The molecule has 0 bridgehead atoms. The molecule has 0 atom stereocenters. The first kappa shape index (κ1) is 16.5. The Hall–Kier alpha value is -4.46. The fourth-order valence-electron chi connectivity index (χ4n) is 3.62. The van der Waals surface area contributed by atoms with Crippen LogP contribution in [0.5, 0.6) is 0 Å². The number of aromatic amines is 2. The van der Waals surface area contributed by atoms with Gasteiger partial charge in [-0.1, -0.05) is 0 Å². The molecule has 30 heavy (non-hydrogen) atoms. The molecule has 0 aliphatic carbocycles. The highest BCUT2D eigenvalue weighted by Crippen LogP contribution is 2.33. The molecule has 0 aliphatic rings. The molecular formula is C22H14N8. The van der Waals surface area contributed by atoms with Gasteiger partial charge in [-0.05, 0) is 47.5 Å². The summed E-state index contributed by atoms with van der Waals surface area (Å²) in [5, 5.41) is 8.59. The van der Waals surface area contributed by atoms with Crippen molar-refractivity contribution in [2.24, 2.45) is 0 Å². The number of pyridine rings is 3. The Kier molecular flexibility index (Phi) is 3.60. The second-order valence-electron chi connectivity index (χ2n) is 6.83. The number of H-pyrrole nitrogens is 2. The molecule has 0 spiro atoms. The molecule has 0 amide bonds. The number of hydrogen-bond acceptors (Lipinski definition) is 6. The Morgan fingerprint density at radius 1 is 0.800 bits per heavy atom. The fourth-order valence-corrected chi connectivity index (χ4v) is 3.62. The minimum atomic E-state index is 0.738. The van der Waals surface area contributed by atoms with E-state index in [1.54, 1.807) is 31.0 Å². The molecule has 8 heteroatoms. The van der Waals surface area contributed by atoms with Crippen molar-refractivity contribution in [1.82, 2.24) is 40.1 Å². The van der Waals surface area contributed by atoms with Crippen LogP contribution in [0.4, 0.5) is 0 Å². The number of rotatable bonds is 3. The quantitative estimate of drug-likeness (QED) is 0.472. The summed E-state index contributed by atoms with van der Waals surface area (Å²) in [7, 11) is 0. The third-order valence-corrected chi connectivity index (χ3v) is 5.04. The summed E-state index contributed by atoms with van der Waals surface area (Å²) in [6, 6.07) is 11.9. The maximum absolute atomic E-state index is 4.81. The second-order valence-corrected chi connectivity index (χ2v) is 6.83. The van der Waals surface area contributed by atoms with Crippen LogP contribution in [0.2, 0.25) is 0 Å². The largest absolute Gasteiger partial charge is 0.338 e. The van der Waals surface area contributed by atoms with Crippen LogP contribution in [0.1, 0.15) is 0 Å². The third-order valence-electron chi connectivity index (χ3n) is 5.04. The molecule has 0 radical (unpaired) electrons. The average molecular weight is 390 g/mol. The fraction of sp³-hybridized carbons (Fsp3) is 0. The maximum atomic E-state index is 4.81. The van der Waals surface area contributed by atoms with Gasteiger partial charge in [0, 0.05) is 41.9 Å². The number of nitrogens with zero attached hydrogens (tertiary/aromatic N) is 6. The number of nitrogens with one attached hydrogen (secondary N) is 2. The van der Waals surface area contributed by atoms with Gasteiger partial charge in [0.2, 0.25) is 0 Å². The monoisotopic (exact) mass is 390 g/mol. The van der Waals surface area contributed by atoms with E-state index in [4.69, 9.17) is 4.98 Å². The van der Waals surface area contributed by atoms with Gasteiger partial charge in [0.05, 0.1) is 16.9 Å². The Morgan fingerprint density at radius 3 is 2.53 bits per heavy atom. The van der Waals surface area contributed by atoms with Crippen LogP contribution in [0, 0.1) is 0 Å². The number of hydrogen-bond donors (Lipinski definition) is 2. The van der Waals surface area contributed by atoms with Crippen molar-refractivity contribution < 1.29 is 0 Å². The molecule has 0 saturated heterocycles. The zero-order valence-corrected chi connectivity index (χ0v) is 15.6. The van der Waals surface area contributed by atoms with Gasteiger partial charge in [0.15, 0.2) is 0 Å². The van der Waals surface area contributed by atoms with Crippen LogP contribution >= 0.6 is 0 Å².